The van der Waals surface area contributed by atoms with E-state index in [0.717, 1.165) is 24.8 Å². The van der Waals surface area contributed by atoms with Gasteiger partial charge in [0.05, 0.1) is 7.11 Å². The van der Waals surface area contributed by atoms with E-state index < -0.39 is 10.0 Å². The van der Waals surface area contributed by atoms with Crippen LogP contribution in [0.15, 0.2) is 23.1 Å². The Morgan fingerprint density at radius 2 is 1.90 bits per heavy atom. The second-order valence-corrected chi connectivity index (χ2v) is 7.46. The van der Waals surface area contributed by atoms with Crippen LogP contribution in [0.5, 0.6) is 5.75 Å². The van der Waals surface area contributed by atoms with Crippen molar-refractivity contribution in [3.8, 4) is 5.75 Å². The predicted molar refractivity (Wildman–Crippen MR) is 82.7 cm³/mol. The van der Waals surface area contributed by atoms with E-state index in [1.54, 1.807) is 22.5 Å². The molecular formula is C15H24N2O3S. The fraction of sp³-hybridized carbons (Fsp3) is 0.600. The number of hydrogen-bond acceptors (Lipinski definition) is 4. The number of nitrogens with two attached hydrogens (primary N) is 1. The number of benzene rings is 1. The van der Waals surface area contributed by atoms with Crippen molar-refractivity contribution in [1.29, 1.82) is 0 Å². The summed E-state index contributed by atoms with van der Waals surface area (Å²) in [4.78, 5) is 0.216. The summed E-state index contributed by atoms with van der Waals surface area (Å²) < 4.78 is 33.0. The lowest BCUT2D eigenvalue weighted by Gasteiger charge is -2.37. The number of hydrogen-bond donors (Lipinski definition) is 1. The zero-order valence-corrected chi connectivity index (χ0v) is 13.7. The summed E-state index contributed by atoms with van der Waals surface area (Å²) >= 11 is 0. The van der Waals surface area contributed by atoms with E-state index in [9.17, 15) is 8.42 Å². The van der Waals surface area contributed by atoms with Crippen LogP contribution in [0.25, 0.3) is 0 Å². The zero-order valence-electron chi connectivity index (χ0n) is 12.9. The number of methoxy groups -OCH3 is 1. The van der Waals surface area contributed by atoms with Crippen molar-refractivity contribution in [2.75, 3.05) is 7.11 Å². The molecule has 1 aliphatic rings. The Morgan fingerprint density at radius 1 is 1.29 bits per heavy atom. The van der Waals surface area contributed by atoms with Crippen molar-refractivity contribution in [2.45, 2.75) is 56.6 Å². The lowest BCUT2D eigenvalue weighted by molar-refractivity contribution is 0.203. The SMILES string of the molecule is COc1ccc(CN)cc1S(=O)(=O)N1[C@H](C)CCC[C@@H]1C. The molecule has 2 N–H and O–H groups in total. The van der Waals surface area contributed by atoms with Gasteiger partial charge in [-0.1, -0.05) is 12.5 Å². The highest BCUT2D eigenvalue weighted by atomic mass is 32.2. The Labute approximate surface area is 127 Å². The van der Waals surface area contributed by atoms with Crippen LogP contribution in [-0.4, -0.2) is 31.9 Å². The van der Waals surface area contributed by atoms with Gasteiger partial charge in [0.25, 0.3) is 0 Å². The van der Waals surface area contributed by atoms with E-state index in [2.05, 4.69) is 0 Å². The molecule has 0 aliphatic carbocycles. The van der Waals surface area contributed by atoms with E-state index in [1.165, 1.54) is 7.11 Å². The lowest BCUT2D eigenvalue weighted by atomic mass is 10.0. The molecule has 1 saturated heterocycles. The molecule has 0 saturated carbocycles. The molecule has 1 heterocycles. The van der Waals surface area contributed by atoms with Crippen molar-refractivity contribution < 1.29 is 13.2 Å². The van der Waals surface area contributed by atoms with Crippen LogP contribution in [0, 0.1) is 0 Å². The highest BCUT2D eigenvalue weighted by Crippen LogP contribution is 2.34. The first-order valence-corrected chi connectivity index (χ1v) is 8.76. The number of piperidine rings is 1. The molecule has 1 fully saturated rings. The lowest BCUT2D eigenvalue weighted by Crippen LogP contribution is -2.47. The molecule has 1 aromatic rings. The molecule has 0 radical (unpaired) electrons. The van der Waals surface area contributed by atoms with E-state index >= 15 is 0 Å². The van der Waals surface area contributed by atoms with Crippen LogP contribution >= 0.6 is 0 Å². The van der Waals surface area contributed by atoms with Gasteiger partial charge in [-0.05, 0) is 44.4 Å². The van der Waals surface area contributed by atoms with E-state index in [-0.39, 0.29) is 17.0 Å². The number of sulfonamides is 1. The first-order chi connectivity index (χ1) is 9.91. The summed E-state index contributed by atoms with van der Waals surface area (Å²) in [6.07, 6.45) is 2.85. The Kier molecular flexibility index (Phi) is 4.91. The molecule has 6 heteroatoms. The predicted octanol–water partition coefficient (Wildman–Crippen LogP) is 2.11. The largest absolute Gasteiger partial charge is 0.495 e. The van der Waals surface area contributed by atoms with Gasteiger partial charge in [0.2, 0.25) is 10.0 Å². The number of nitrogens with zero attached hydrogens (tertiary/aromatic N) is 1. The molecular weight excluding hydrogens is 288 g/mol. The van der Waals surface area contributed by atoms with Gasteiger partial charge in [-0.15, -0.1) is 0 Å². The molecule has 0 aromatic heterocycles. The van der Waals surface area contributed by atoms with E-state index in [4.69, 9.17) is 10.5 Å². The third-order valence-corrected chi connectivity index (χ3v) is 6.28. The van der Waals surface area contributed by atoms with Gasteiger partial charge < -0.3 is 10.5 Å². The Morgan fingerprint density at radius 3 is 2.43 bits per heavy atom. The first kappa shape index (κ1) is 16.3. The van der Waals surface area contributed by atoms with Gasteiger partial charge >= 0.3 is 0 Å². The third kappa shape index (κ3) is 3.07. The molecule has 0 bridgehead atoms. The van der Waals surface area contributed by atoms with E-state index in [1.807, 2.05) is 13.8 Å². The summed E-state index contributed by atoms with van der Waals surface area (Å²) in [6.45, 7) is 4.23. The molecule has 2 atom stereocenters. The number of rotatable bonds is 4. The summed E-state index contributed by atoms with van der Waals surface area (Å²) in [6, 6.07) is 5.10. The average molecular weight is 312 g/mol. The third-order valence-electron chi connectivity index (χ3n) is 4.13. The van der Waals surface area contributed by atoms with Gasteiger partial charge in [-0.3, -0.25) is 0 Å². The van der Waals surface area contributed by atoms with Crippen molar-refractivity contribution in [3.63, 3.8) is 0 Å². The van der Waals surface area contributed by atoms with Crippen molar-refractivity contribution in [3.05, 3.63) is 23.8 Å². The minimum atomic E-state index is -3.58. The molecule has 118 valence electrons. The topological polar surface area (TPSA) is 72.6 Å². The molecule has 21 heavy (non-hydrogen) atoms. The maximum atomic E-state index is 13.1. The molecule has 5 nitrogen and oxygen atoms in total. The molecule has 0 spiro atoms. The molecule has 1 aliphatic heterocycles. The molecule has 0 amide bonds. The minimum Gasteiger partial charge on any atom is -0.495 e. The number of ether oxygens (including phenoxy) is 1. The van der Waals surface area contributed by atoms with Crippen LogP contribution in [0.4, 0.5) is 0 Å². The fourth-order valence-corrected chi connectivity index (χ4v) is 5.13. The van der Waals surface area contributed by atoms with Gasteiger partial charge in [-0.25, -0.2) is 8.42 Å². The fourth-order valence-electron chi connectivity index (χ4n) is 3.03. The standard InChI is InChI=1S/C15H24N2O3S/c1-11-5-4-6-12(2)17(11)21(18,19)15-9-13(10-16)7-8-14(15)20-3/h7-9,11-12H,4-6,10,16H2,1-3H3/t11-,12+. The van der Waals surface area contributed by atoms with Crippen molar-refractivity contribution in [1.82, 2.24) is 4.31 Å². The molecule has 2 rings (SSSR count). The van der Waals surface area contributed by atoms with Crippen LogP contribution in [0.3, 0.4) is 0 Å². The Hall–Kier alpha value is -1.11. The van der Waals surface area contributed by atoms with Crippen molar-refractivity contribution in [2.24, 2.45) is 5.73 Å². The maximum Gasteiger partial charge on any atom is 0.247 e. The van der Waals surface area contributed by atoms with Gasteiger partial charge in [-0.2, -0.15) is 4.31 Å². The van der Waals surface area contributed by atoms with Gasteiger partial charge in [0, 0.05) is 18.6 Å². The monoisotopic (exact) mass is 312 g/mol. The Balaban J connectivity index is 2.52. The first-order valence-electron chi connectivity index (χ1n) is 7.32. The van der Waals surface area contributed by atoms with Gasteiger partial charge in [0.1, 0.15) is 10.6 Å². The Bertz CT molecular complexity index is 591. The minimum absolute atomic E-state index is 0.00462. The summed E-state index contributed by atoms with van der Waals surface area (Å²) in [7, 11) is -2.10. The van der Waals surface area contributed by atoms with Crippen LogP contribution < -0.4 is 10.5 Å². The second kappa shape index (κ2) is 6.34. The smallest absolute Gasteiger partial charge is 0.247 e. The van der Waals surface area contributed by atoms with Crippen LogP contribution in [0.1, 0.15) is 38.7 Å². The quantitative estimate of drug-likeness (QED) is 0.924. The highest BCUT2D eigenvalue weighted by molar-refractivity contribution is 7.89. The summed E-state index contributed by atoms with van der Waals surface area (Å²) in [5.41, 5.74) is 6.42. The second-order valence-electron chi connectivity index (χ2n) is 5.65. The zero-order chi connectivity index (χ0) is 15.6. The van der Waals surface area contributed by atoms with Crippen molar-refractivity contribution >= 4 is 10.0 Å². The summed E-state index contributed by atoms with van der Waals surface area (Å²) in [5, 5.41) is 0. The molecule has 0 unspecified atom stereocenters. The summed E-state index contributed by atoms with van der Waals surface area (Å²) in [5.74, 6) is 0.372. The average Bonchev–Trinajstić information content (AvgIpc) is 2.46. The van der Waals surface area contributed by atoms with E-state index in [0.29, 0.717) is 12.3 Å². The van der Waals surface area contributed by atoms with Crippen LogP contribution in [0.2, 0.25) is 0 Å². The highest BCUT2D eigenvalue weighted by Gasteiger charge is 2.37. The van der Waals surface area contributed by atoms with Gasteiger partial charge in [0.15, 0.2) is 0 Å². The maximum absolute atomic E-state index is 13.1. The normalized spacial score (nSPS) is 24.0. The van der Waals surface area contributed by atoms with Crippen LogP contribution in [-0.2, 0) is 16.6 Å². The molecule has 1 aromatic carbocycles.